The molecule has 0 unspecified atom stereocenters. The Morgan fingerprint density at radius 2 is 1.89 bits per heavy atom. The number of halogens is 1. The van der Waals surface area contributed by atoms with Crippen LogP contribution < -0.4 is 5.32 Å². The topological polar surface area (TPSA) is 49.4 Å². The molecular weight excluding hydrogens is 264 g/mol. The van der Waals surface area contributed by atoms with Crippen LogP contribution in [0.4, 0.5) is 5.69 Å². The molecule has 1 aromatic carbocycles. The number of anilines is 1. The van der Waals surface area contributed by atoms with Gasteiger partial charge in [-0.1, -0.05) is 17.2 Å². The van der Waals surface area contributed by atoms with E-state index < -0.39 is 0 Å². The smallest absolute Gasteiger partial charge is 0.255 e. The second-order valence-electron chi connectivity index (χ2n) is 4.60. The molecule has 19 heavy (non-hydrogen) atoms. The molecule has 0 bridgehead atoms. The summed E-state index contributed by atoms with van der Waals surface area (Å²) in [6.45, 7) is 3.65. The summed E-state index contributed by atoms with van der Waals surface area (Å²) in [4.78, 5) is 25.2. The van der Waals surface area contributed by atoms with Crippen molar-refractivity contribution in [3.05, 3.63) is 40.4 Å². The Kier molecular flexibility index (Phi) is 5.12. The standard InChI is InChI=1S/C14H17ClN2O2/c1-9(2)7-13(18)16-12-8-10(15)5-6-11(12)14(19)17(3)4/h5-8H,1-4H3,(H,16,18). The molecule has 2 amide bonds. The fraction of sp³-hybridized carbons (Fsp3) is 0.286. The lowest BCUT2D eigenvalue weighted by Crippen LogP contribution is -2.23. The number of carbonyl (C=O) groups is 2. The van der Waals surface area contributed by atoms with Crippen molar-refractivity contribution in [2.75, 3.05) is 19.4 Å². The van der Waals surface area contributed by atoms with E-state index in [1.54, 1.807) is 32.3 Å². The van der Waals surface area contributed by atoms with Crippen molar-refractivity contribution in [2.45, 2.75) is 13.8 Å². The zero-order chi connectivity index (χ0) is 14.6. The highest BCUT2D eigenvalue weighted by atomic mass is 35.5. The van der Waals surface area contributed by atoms with Gasteiger partial charge in [0.25, 0.3) is 5.91 Å². The molecule has 5 heteroatoms. The van der Waals surface area contributed by atoms with Gasteiger partial charge in [-0.15, -0.1) is 0 Å². The van der Waals surface area contributed by atoms with Crippen molar-refractivity contribution < 1.29 is 9.59 Å². The van der Waals surface area contributed by atoms with Crippen LogP contribution in [0.1, 0.15) is 24.2 Å². The molecule has 0 spiro atoms. The molecule has 0 atom stereocenters. The minimum Gasteiger partial charge on any atom is -0.345 e. The van der Waals surface area contributed by atoms with E-state index in [1.165, 1.54) is 11.0 Å². The van der Waals surface area contributed by atoms with Crippen LogP contribution in [0.3, 0.4) is 0 Å². The SMILES string of the molecule is CC(C)=CC(=O)Nc1cc(Cl)ccc1C(=O)N(C)C. The van der Waals surface area contributed by atoms with Crippen molar-refractivity contribution in [1.29, 1.82) is 0 Å². The number of rotatable bonds is 3. The Labute approximate surface area is 118 Å². The van der Waals surface area contributed by atoms with Gasteiger partial charge in [-0.05, 0) is 32.0 Å². The fourth-order valence-electron chi connectivity index (χ4n) is 1.48. The van der Waals surface area contributed by atoms with Gasteiger partial charge >= 0.3 is 0 Å². The third kappa shape index (κ3) is 4.41. The average molecular weight is 281 g/mol. The molecule has 4 nitrogen and oxygen atoms in total. The summed E-state index contributed by atoms with van der Waals surface area (Å²) in [7, 11) is 3.30. The predicted molar refractivity (Wildman–Crippen MR) is 77.5 cm³/mol. The number of hydrogen-bond acceptors (Lipinski definition) is 2. The van der Waals surface area contributed by atoms with Crippen LogP contribution in [0, 0.1) is 0 Å². The Bertz CT molecular complexity index is 532. The maximum Gasteiger partial charge on any atom is 0.255 e. The van der Waals surface area contributed by atoms with Gasteiger partial charge in [-0.25, -0.2) is 0 Å². The molecule has 0 saturated carbocycles. The number of benzene rings is 1. The van der Waals surface area contributed by atoms with Crippen molar-refractivity contribution in [2.24, 2.45) is 0 Å². The first-order valence-electron chi connectivity index (χ1n) is 5.78. The quantitative estimate of drug-likeness (QED) is 0.866. The monoisotopic (exact) mass is 280 g/mol. The Hall–Kier alpha value is -1.81. The van der Waals surface area contributed by atoms with Gasteiger partial charge < -0.3 is 10.2 Å². The first kappa shape index (κ1) is 15.2. The molecule has 1 aromatic rings. The van der Waals surface area contributed by atoms with Crippen LogP contribution in [0.15, 0.2) is 29.8 Å². The molecule has 1 N–H and O–H groups in total. The van der Waals surface area contributed by atoms with E-state index in [0.29, 0.717) is 16.3 Å². The highest BCUT2D eigenvalue weighted by Crippen LogP contribution is 2.22. The van der Waals surface area contributed by atoms with Crippen LogP contribution in [0.2, 0.25) is 5.02 Å². The third-order valence-corrected chi connectivity index (χ3v) is 2.53. The second-order valence-corrected chi connectivity index (χ2v) is 5.04. The van der Waals surface area contributed by atoms with Gasteiger partial charge in [0.1, 0.15) is 0 Å². The maximum atomic E-state index is 12.0. The molecule has 0 aliphatic carbocycles. The maximum absolute atomic E-state index is 12.0. The molecule has 0 saturated heterocycles. The summed E-state index contributed by atoms with van der Waals surface area (Å²) in [5, 5.41) is 3.13. The molecule has 0 heterocycles. The number of nitrogens with zero attached hydrogens (tertiary/aromatic N) is 1. The van der Waals surface area contributed by atoms with E-state index in [9.17, 15) is 9.59 Å². The molecule has 0 aromatic heterocycles. The average Bonchev–Trinajstić information content (AvgIpc) is 2.26. The lowest BCUT2D eigenvalue weighted by atomic mass is 10.1. The summed E-state index contributed by atoms with van der Waals surface area (Å²) >= 11 is 5.90. The van der Waals surface area contributed by atoms with E-state index in [1.807, 2.05) is 13.8 Å². The Balaban J connectivity index is 3.11. The minimum absolute atomic E-state index is 0.191. The van der Waals surface area contributed by atoms with Crippen LogP contribution in [-0.2, 0) is 4.79 Å². The van der Waals surface area contributed by atoms with Crippen LogP contribution >= 0.6 is 11.6 Å². The Morgan fingerprint density at radius 3 is 2.42 bits per heavy atom. The van der Waals surface area contributed by atoms with E-state index in [2.05, 4.69) is 5.32 Å². The largest absolute Gasteiger partial charge is 0.345 e. The van der Waals surface area contributed by atoms with Gasteiger partial charge in [0.2, 0.25) is 5.91 Å². The number of hydrogen-bond donors (Lipinski definition) is 1. The van der Waals surface area contributed by atoms with Gasteiger partial charge in [0, 0.05) is 25.2 Å². The molecule has 102 valence electrons. The number of amides is 2. The van der Waals surface area contributed by atoms with Gasteiger partial charge in [0.05, 0.1) is 11.3 Å². The zero-order valence-corrected chi connectivity index (χ0v) is 12.2. The zero-order valence-electron chi connectivity index (χ0n) is 11.5. The first-order chi connectivity index (χ1) is 8.81. The number of nitrogens with one attached hydrogen (secondary N) is 1. The van der Waals surface area contributed by atoms with Crippen molar-refractivity contribution in [3.8, 4) is 0 Å². The number of carbonyl (C=O) groups excluding carboxylic acids is 2. The van der Waals surface area contributed by atoms with E-state index >= 15 is 0 Å². The molecule has 0 fully saturated rings. The van der Waals surface area contributed by atoms with Crippen LogP contribution in [0.25, 0.3) is 0 Å². The molecular formula is C14H17ClN2O2. The van der Waals surface area contributed by atoms with Gasteiger partial charge in [-0.3, -0.25) is 9.59 Å². The molecule has 0 aliphatic heterocycles. The minimum atomic E-state index is -0.282. The summed E-state index contributed by atoms with van der Waals surface area (Å²) in [6.07, 6.45) is 1.46. The van der Waals surface area contributed by atoms with E-state index in [-0.39, 0.29) is 11.8 Å². The third-order valence-electron chi connectivity index (χ3n) is 2.30. The van der Waals surface area contributed by atoms with E-state index in [0.717, 1.165) is 5.57 Å². The van der Waals surface area contributed by atoms with Crippen molar-refractivity contribution >= 4 is 29.1 Å². The van der Waals surface area contributed by atoms with Crippen molar-refractivity contribution in [1.82, 2.24) is 4.90 Å². The summed E-state index contributed by atoms with van der Waals surface area (Å²) in [5.41, 5.74) is 1.69. The summed E-state index contributed by atoms with van der Waals surface area (Å²) in [5.74, 6) is -0.473. The van der Waals surface area contributed by atoms with Crippen LogP contribution in [-0.4, -0.2) is 30.8 Å². The highest BCUT2D eigenvalue weighted by Gasteiger charge is 2.14. The van der Waals surface area contributed by atoms with E-state index in [4.69, 9.17) is 11.6 Å². The summed E-state index contributed by atoms with van der Waals surface area (Å²) < 4.78 is 0. The lowest BCUT2D eigenvalue weighted by Gasteiger charge is -2.14. The molecule has 0 radical (unpaired) electrons. The van der Waals surface area contributed by atoms with Gasteiger partial charge in [-0.2, -0.15) is 0 Å². The number of allylic oxidation sites excluding steroid dienone is 1. The summed E-state index contributed by atoms with van der Waals surface area (Å²) in [6, 6.07) is 4.78. The first-order valence-corrected chi connectivity index (χ1v) is 6.16. The predicted octanol–water partition coefficient (Wildman–Crippen LogP) is 2.95. The molecule has 1 rings (SSSR count). The van der Waals surface area contributed by atoms with Gasteiger partial charge in [0.15, 0.2) is 0 Å². The Morgan fingerprint density at radius 1 is 1.26 bits per heavy atom. The van der Waals surface area contributed by atoms with Crippen LogP contribution in [0.5, 0.6) is 0 Å². The fourth-order valence-corrected chi connectivity index (χ4v) is 1.65. The van der Waals surface area contributed by atoms with Crippen molar-refractivity contribution in [3.63, 3.8) is 0 Å². The highest BCUT2D eigenvalue weighted by molar-refractivity contribution is 6.31. The normalized spacial score (nSPS) is 9.74. The second kappa shape index (κ2) is 6.38. The lowest BCUT2D eigenvalue weighted by molar-refractivity contribution is -0.111. The molecule has 0 aliphatic rings.